The molecule has 6 heteroatoms. The highest BCUT2D eigenvalue weighted by molar-refractivity contribution is 7.85. The molecule has 1 aromatic carbocycles. The van der Waals surface area contributed by atoms with Crippen molar-refractivity contribution in [3.05, 3.63) is 24.0 Å². The fourth-order valence-corrected chi connectivity index (χ4v) is 2.36. The number of hydrogen-bond acceptors (Lipinski definition) is 3. The zero-order valence-electron chi connectivity index (χ0n) is 10.6. The molecule has 1 aromatic rings. The molecule has 0 fully saturated rings. The summed E-state index contributed by atoms with van der Waals surface area (Å²) in [5.41, 5.74) is 5.67. The lowest BCUT2D eigenvalue weighted by Crippen LogP contribution is -2.36. The first-order valence-corrected chi connectivity index (χ1v) is 6.84. The maximum atomic E-state index is 13.5. The van der Waals surface area contributed by atoms with Crippen molar-refractivity contribution in [1.29, 1.82) is 0 Å². The Morgan fingerprint density at radius 1 is 1.50 bits per heavy atom. The van der Waals surface area contributed by atoms with Crippen LogP contribution < -0.4 is 5.73 Å². The summed E-state index contributed by atoms with van der Waals surface area (Å²) in [5, 5.41) is 0. The Balaban J connectivity index is 2.80. The van der Waals surface area contributed by atoms with Crippen LogP contribution in [0.1, 0.15) is 13.8 Å². The summed E-state index contributed by atoms with van der Waals surface area (Å²) in [6.07, 6.45) is 0. The summed E-state index contributed by atoms with van der Waals surface area (Å²) in [5.74, 6) is -1.15. The van der Waals surface area contributed by atoms with Crippen LogP contribution >= 0.6 is 0 Å². The number of carbonyl (C=O) groups excluding carboxylic acids is 1. The molecule has 0 aliphatic heterocycles. The summed E-state index contributed by atoms with van der Waals surface area (Å²) in [6.45, 7) is 3.70. The van der Waals surface area contributed by atoms with E-state index in [-0.39, 0.29) is 28.3 Å². The quantitative estimate of drug-likeness (QED) is 0.842. The monoisotopic (exact) mass is 272 g/mol. The number of halogens is 1. The molecule has 0 aliphatic carbocycles. The van der Waals surface area contributed by atoms with Gasteiger partial charge in [0, 0.05) is 18.8 Å². The van der Waals surface area contributed by atoms with Gasteiger partial charge in [-0.3, -0.25) is 9.00 Å². The lowest BCUT2D eigenvalue weighted by molar-refractivity contribution is -0.128. The fourth-order valence-electron chi connectivity index (χ4n) is 1.28. The molecule has 1 amide bonds. The summed E-state index contributed by atoms with van der Waals surface area (Å²) in [6, 6.07) is 3.94. The van der Waals surface area contributed by atoms with E-state index < -0.39 is 16.6 Å². The smallest absolute Gasteiger partial charge is 0.235 e. The standard InChI is InChI=1S/C12H17FN2O2S/c1-8(2)15(3)12(16)7-18(17)11-5-4-9(14)6-10(11)13/h4-6,8H,7,14H2,1-3H3. The fraction of sp³-hybridized carbons (Fsp3) is 0.417. The van der Waals surface area contributed by atoms with E-state index in [9.17, 15) is 13.4 Å². The van der Waals surface area contributed by atoms with Gasteiger partial charge in [-0.05, 0) is 32.0 Å². The van der Waals surface area contributed by atoms with Gasteiger partial charge in [-0.2, -0.15) is 0 Å². The molecule has 0 aromatic heterocycles. The van der Waals surface area contributed by atoms with Gasteiger partial charge in [0.05, 0.1) is 15.7 Å². The molecule has 0 saturated heterocycles. The maximum absolute atomic E-state index is 13.5. The van der Waals surface area contributed by atoms with Gasteiger partial charge in [-0.25, -0.2) is 4.39 Å². The average molecular weight is 272 g/mol. The number of nitrogens with two attached hydrogens (primary N) is 1. The first kappa shape index (κ1) is 14.6. The molecular weight excluding hydrogens is 255 g/mol. The van der Waals surface area contributed by atoms with Crippen LogP contribution in [-0.2, 0) is 15.6 Å². The van der Waals surface area contributed by atoms with Crippen LogP contribution in [0.25, 0.3) is 0 Å². The van der Waals surface area contributed by atoms with E-state index in [0.717, 1.165) is 6.07 Å². The van der Waals surface area contributed by atoms with Gasteiger partial charge in [-0.15, -0.1) is 0 Å². The number of amides is 1. The summed E-state index contributed by atoms with van der Waals surface area (Å²) in [4.78, 5) is 13.2. The molecule has 0 aliphatic rings. The second-order valence-corrected chi connectivity index (χ2v) is 5.70. The molecular formula is C12H17FN2O2S. The lowest BCUT2D eigenvalue weighted by atomic mass is 10.3. The van der Waals surface area contributed by atoms with Gasteiger partial charge in [0.2, 0.25) is 5.91 Å². The molecule has 0 heterocycles. The van der Waals surface area contributed by atoms with Crippen LogP contribution in [0.15, 0.2) is 23.1 Å². The molecule has 18 heavy (non-hydrogen) atoms. The molecule has 0 bridgehead atoms. The Labute approximate surface area is 108 Å². The molecule has 1 atom stereocenters. The summed E-state index contributed by atoms with van der Waals surface area (Å²) >= 11 is 0. The number of nitrogen functional groups attached to an aromatic ring is 1. The molecule has 2 N–H and O–H groups in total. The van der Waals surface area contributed by atoms with Crippen LogP contribution in [0.4, 0.5) is 10.1 Å². The van der Waals surface area contributed by atoms with E-state index >= 15 is 0 Å². The number of benzene rings is 1. The van der Waals surface area contributed by atoms with Crippen molar-refractivity contribution in [2.45, 2.75) is 24.8 Å². The number of rotatable bonds is 4. The normalized spacial score (nSPS) is 12.5. The number of hydrogen-bond donors (Lipinski definition) is 1. The molecule has 0 radical (unpaired) electrons. The second-order valence-electron chi connectivity index (χ2n) is 4.28. The number of anilines is 1. The largest absolute Gasteiger partial charge is 0.399 e. The van der Waals surface area contributed by atoms with Crippen molar-refractivity contribution in [3.8, 4) is 0 Å². The Morgan fingerprint density at radius 2 is 2.11 bits per heavy atom. The molecule has 1 rings (SSSR count). The molecule has 100 valence electrons. The van der Waals surface area contributed by atoms with E-state index in [0.29, 0.717) is 0 Å². The van der Waals surface area contributed by atoms with Crippen molar-refractivity contribution in [1.82, 2.24) is 4.90 Å². The molecule has 0 saturated carbocycles. The van der Waals surface area contributed by atoms with Crippen LogP contribution in [0.5, 0.6) is 0 Å². The molecule has 1 unspecified atom stereocenters. The predicted molar refractivity (Wildman–Crippen MR) is 70.0 cm³/mol. The van der Waals surface area contributed by atoms with Gasteiger partial charge in [0.15, 0.2) is 0 Å². The van der Waals surface area contributed by atoms with Crippen molar-refractivity contribution in [3.63, 3.8) is 0 Å². The SMILES string of the molecule is CC(C)N(C)C(=O)CS(=O)c1ccc(N)cc1F. The summed E-state index contributed by atoms with van der Waals surface area (Å²) < 4.78 is 25.4. The van der Waals surface area contributed by atoms with E-state index in [4.69, 9.17) is 5.73 Å². The third-order valence-electron chi connectivity index (χ3n) is 2.62. The predicted octanol–water partition coefficient (Wildman–Crippen LogP) is 1.38. The van der Waals surface area contributed by atoms with E-state index in [2.05, 4.69) is 0 Å². The minimum atomic E-state index is -1.69. The van der Waals surface area contributed by atoms with Crippen LogP contribution in [0.2, 0.25) is 0 Å². The minimum absolute atomic E-state index is 0.00899. The van der Waals surface area contributed by atoms with Gasteiger partial charge < -0.3 is 10.6 Å². The first-order valence-electron chi connectivity index (χ1n) is 5.52. The zero-order chi connectivity index (χ0) is 13.9. The minimum Gasteiger partial charge on any atom is -0.399 e. The highest BCUT2D eigenvalue weighted by Gasteiger charge is 2.18. The topological polar surface area (TPSA) is 63.4 Å². The number of nitrogens with zero attached hydrogens (tertiary/aromatic N) is 1. The summed E-state index contributed by atoms with van der Waals surface area (Å²) in [7, 11) is -0.0637. The first-order chi connectivity index (χ1) is 8.32. The highest BCUT2D eigenvalue weighted by Crippen LogP contribution is 2.16. The Bertz CT molecular complexity index is 477. The number of carbonyl (C=O) groups is 1. The van der Waals surface area contributed by atoms with E-state index in [1.54, 1.807) is 7.05 Å². The van der Waals surface area contributed by atoms with Gasteiger partial charge in [0.25, 0.3) is 0 Å². The van der Waals surface area contributed by atoms with Crippen LogP contribution in [-0.4, -0.2) is 33.9 Å². The zero-order valence-corrected chi connectivity index (χ0v) is 11.5. The van der Waals surface area contributed by atoms with E-state index in [1.807, 2.05) is 13.8 Å². The lowest BCUT2D eigenvalue weighted by Gasteiger charge is -2.21. The van der Waals surface area contributed by atoms with Crippen molar-refractivity contribution in [2.75, 3.05) is 18.5 Å². The maximum Gasteiger partial charge on any atom is 0.235 e. The Kier molecular flexibility index (Phi) is 4.84. The average Bonchev–Trinajstić information content (AvgIpc) is 2.27. The molecule has 4 nitrogen and oxygen atoms in total. The van der Waals surface area contributed by atoms with E-state index in [1.165, 1.54) is 17.0 Å². The highest BCUT2D eigenvalue weighted by atomic mass is 32.2. The van der Waals surface area contributed by atoms with Gasteiger partial charge in [0.1, 0.15) is 11.6 Å². The van der Waals surface area contributed by atoms with Gasteiger partial charge >= 0.3 is 0 Å². The Hall–Kier alpha value is -1.43. The second kappa shape index (κ2) is 5.95. The van der Waals surface area contributed by atoms with Crippen molar-refractivity contribution in [2.24, 2.45) is 0 Å². The van der Waals surface area contributed by atoms with Crippen molar-refractivity contribution < 1.29 is 13.4 Å². The van der Waals surface area contributed by atoms with Crippen LogP contribution in [0, 0.1) is 5.82 Å². The van der Waals surface area contributed by atoms with Crippen LogP contribution in [0.3, 0.4) is 0 Å². The third kappa shape index (κ3) is 3.53. The van der Waals surface area contributed by atoms with Gasteiger partial charge in [-0.1, -0.05) is 0 Å². The Morgan fingerprint density at radius 3 is 2.61 bits per heavy atom. The molecule has 0 spiro atoms. The third-order valence-corrected chi connectivity index (χ3v) is 3.95. The van der Waals surface area contributed by atoms with Crippen molar-refractivity contribution >= 4 is 22.4 Å².